The van der Waals surface area contributed by atoms with Crippen molar-refractivity contribution < 1.29 is 8.91 Å². The van der Waals surface area contributed by atoms with Crippen LogP contribution in [0.5, 0.6) is 0 Å². The summed E-state index contributed by atoms with van der Waals surface area (Å²) in [5.74, 6) is 0.293. The summed E-state index contributed by atoms with van der Waals surface area (Å²) in [5, 5.41) is 3.93. The number of rotatable bonds is 6. The molecule has 0 amide bonds. The molecule has 3 rings (SSSR count). The number of hydrogen-bond donors (Lipinski definition) is 2. The minimum Gasteiger partial charge on any atom is -0.359 e. The number of hydrazine groups is 1. The lowest BCUT2D eigenvalue weighted by Gasteiger charge is -2.04. The molecule has 0 spiro atoms. The largest absolute Gasteiger partial charge is 0.359 e. The molecule has 0 unspecified atom stereocenters. The second-order valence-corrected chi connectivity index (χ2v) is 4.73. The van der Waals surface area contributed by atoms with E-state index in [2.05, 4.69) is 21.0 Å². The SMILES string of the molecule is Fc1ccc(-c2cc(CNNCc3ccccc3)on2)nc1. The third-order valence-corrected chi connectivity index (χ3v) is 3.07. The smallest absolute Gasteiger partial charge is 0.152 e. The average molecular weight is 298 g/mol. The summed E-state index contributed by atoms with van der Waals surface area (Å²) in [4.78, 5) is 3.96. The van der Waals surface area contributed by atoms with Crippen molar-refractivity contribution in [1.82, 2.24) is 21.0 Å². The van der Waals surface area contributed by atoms with Crippen LogP contribution in [-0.2, 0) is 13.1 Å². The van der Waals surface area contributed by atoms with Gasteiger partial charge in [0.05, 0.1) is 18.4 Å². The van der Waals surface area contributed by atoms with Crippen LogP contribution in [0.2, 0.25) is 0 Å². The quantitative estimate of drug-likeness (QED) is 0.541. The fourth-order valence-electron chi connectivity index (χ4n) is 1.95. The van der Waals surface area contributed by atoms with Gasteiger partial charge in [-0.15, -0.1) is 0 Å². The summed E-state index contributed by atoms with van der Waals surface area (Å²) in [5.41, 5.74) is 8.51. The molecule has 0 bridgehead atoms. The van der Waals surface area contributed by atoms with Crippen molar-refractivity contribution in [3.63, 3.8) is 0 Å². The maximum Gasteiger partial charge on any atom is 0.152 e. The maximum atomic E-state index is 12.8. The van der Waals surface area contributed by atoms with Crippen LogP contribution in [0.4, 0.5) is 4.39 Å². The Balaban J connectivity index is 1.50. The van der Waals surface area contributed by atoms with Crippen molar-refractivity contribution in [3.8, 4) is 11.4 Å². The molecule has 0 saturated carbocycles. The lowest BCUT2D eigenvalue weighted by molar-refractivity contribution is 0.363. The van der Waals surface area contributed by atoms with E-state index in [-0.39, 0.29) is 5.82 Å². The van der Waals surface area contributed by atoms with Crippen molar-refractivity contribution in [1.29, 1.82) is 0 Å². The van der Waals surface area contributed by atoms with Crippen LogP contribution in [0.25, 0.3) is 11.4 Å². The highest BCUT2D eigenvalue weighted by Gasteiger charge is 2.07. The van der Waals surface area contributed by atoms with Gasteiger partial charge in [-0.1, -0.05) is 35.5 Å². The van der Waals surface area contributed by atoms with Gasteiger partial charge >= 0.3 is 0 Å². The molecule has 0 saturated heterocycles. The predicted molar refractivity (Wildman–Crippen MR) is 79.8 cm³/mol. The lowest BCUT2D eigenvalue weighted by Crippen LogP contribution is -2.30. The van der Waals surface area contributed by atoms with E-state index in [1.165, 1.54) is 11.6 Å². The van der Waals surface area contributed by atoms with Crippen LogP contribution in [0.15, 0.2) is 59.3 Å². The number of pyridine rings is 1. The lowest BCUT2D eigenvalue weighted by atomic mass is 10.2. The van der Waals surface area contributed by atoms with Crippen molar-refractivity contribution in [3.05, 3.63) is 71.9 Å². The van der Waals surface area contributed by atoms with Crippen LogP contribution < -0.4 is 10.9 Å². The van der Waals surface area contributed by atoms with Crippen molar-refractivity contribution >= 4 is 0 Å². The standard InChI is InChI=1S/C16H15FN4O/c17-13-6-7-15(18-10-13)16-8-14(22-21-16)11-20-19-9-12-4-2-1-3-5-12/h1-8,10,19-20H,9,11H2. The maximum absolute atomic E-state index is 12.8. The molecule has 0 radical (unpaired) electrons. The van der Waals surface area contributed by atoms with E-state index in [0.29, 0.717) is 30.2 Å². The molecule has 0 aliphatic heterocycles. The molecule has 6 heteroatoms. The molecule has 22 heavy (non-hydrogen) atoms. The number of benzene rings is 1. The Kier molecular flexibility index (Phi) is 4.53. The van der Waals surface area contributed by atoms with Crippen molar-refractivity contribution in [2.75, 3.05) is 0 Å². The second kappa shape index (κ2) is 6.93. The fourth-order valence-corrected chi connectivity index (χ4v) is 1.95. The Bertz CT molecular complexity index is 713. The van der Waals surface area contributed by atoms with E-state index in [1.54, 1.807) is 12.1 Å². The molecule has 0 aliphatic carbocycles. The van der Waals surface area contributed by atoms with Gasteiger partial charge in [0.1, 0.15) is 11.5 Å². The zero-order chi connectivity index (χ0) is 15.2. The van der Waals surface area contributed by atoms with Gasteiger partial charge in [-0.25, -0.2) is 9.82 Å². The molecule has 112 valence electrons. The molecule has 0 atom stereocenters. The van der Waals surface area contributed by atoms with E-state index in [0.717, 1.165) is 6.20 Å². The van der Waals surface area contributed by atoms with Gasteiger partial charge in [0.15, 0.2) is 5.76 Å². The van der Waals surface area contributed by atoms with Gasteiger partial charge in [0.2, 0.25) is 0 Å². The van der Waals surface area contributed by atoms with E-state index in [1.807, 2.05) is 30.3 Å². The van der Waals surface area contributed by atoms with Crippen molar-refractivity contribution in [2.24, 2.45) is 0 Å². The minimum absolute atomic E-state index is 0.376. The Morgan fingerprint density at radius 1 is 0.955 bits per heavy atom. The normalized spacial score (nSPS) is 10.8. The Morgan fingerprint density at radius 2 is 1.77 bits per heavy atom. The van der Waals surface area contributed by atoms with Crippen LogP contribution in [0.3, 0.4) is 0 Å². The highest BCUT2D eigenvalue weighted by atomic mass is 19.1. The van der Waals surface area contributed by atoms with Gasteiger partial charge in [0, 0.05) is 12.6 Å². The zero-order valence-electron chi connectivity index (χ0n) is 11.8. The molecule has 3 aromatic rings. The van der Waals surface area contributed by atoms with Gasteiger partial charge in [-0.05, 0) is 17.7 Å². The van der Waals surface area contributed by atoms with E-state index >= 15 is 0 Å². The van der Waals surface area contributed by atoms with Crippen LogP contribution in [0, 0.1) is 5.82 Å². The first kappa shape index (κ1) is 14.4. The summed E-state index contributed by atoms with van der Waals surface area (Å²) in [6, 6.07) is 14.7. The molecular formula is C16H15FN4O. The summed E-state index contributed by atoms with van der Waals surface area (Å²) in [6.07, 6.45) is 1.16. The number of nitrogens with zero attached hydrogens (tertiary/aromatic N) is 2. The molecule has 5 nitrogen and oxygen atoms in total. The highest BCUT2D eigenvalue weighted by molar-refractivity contribution is 5.53. The van der Waals surface area contributed by atoms with Crippen LogP contribution >= 0.6 is 0 Å². The van der Waals surface area contributed by atoms with E-state index < -0.39 is 0 Å². The first-order valence-electron chi connectivity index (χ1n) is 6.88. The fraction of sp³-hybridized carbons (Fsp3) is 0.125. The molecule has 1 aromatic carbocycles. The first-order valence-corrected chi connectivity index (χ1v) is 6.88. The minimum atomic E-state index is -0.376. The molecule has 0 aliphatic rings. The molecular weight excluding hydrogens is 283 g/mol. The molecule has 2 heterocycles. The Labute approximate surface area is 127 Å². The van der Waals surface area contributed by atoms with Crippen LogP contribution in [-0.4, -0.2) is 10.1 Å². The monoisotopic (exact) mass is 298 g/mol. The average Bonchev–Trinajstić information content (AvgIpc) is 3.02. The molecule has 2 N–H and O–H groups in total. The highest BCUT2D eigenvalue weighted by Crippen LogP contribution is 2.16. The Hall–Kier alpha value is -2.57. The summed E-state index contributed by atoms with van der Waals surface area (Å²) < 4.78 is 18.0. The third-order valence-electron chi connectivity index (χ3n) is 3.07. The third kappa shape index (κ3) is 3.75. The van der Waals surface area contributed by atoms with Gasteiger partial charge in [-0.3, -0.25) is 10.4 Å². The zero-order valence-corrected chi connectivity index (χ0v) is 11.8. The van der Waals surface area contributed by atoms with Gasteiger partial charge in [-0.2, -0.15) is 0 Å². The number of hydrogen-bond acceptors (Lipinski definition) is 5. The summed E-state index contributed by atoms with van der Waals surface area (Å²) in [7, 11) is 0. The topological polar surface area (TPSA) is 63.0 Å². The Morgan fingerprint density at radius 3 is 2.55 bits per heavy atom. The number of halogens is 1. The van der Waals surface area contributed by atoms with Crippen LogP contribution in [0.1, 0.15) is 11.3 Å². The van der Waals surface area contributed by atoms with E-state index in [9.17, 15) is 4.39 Å². The second-order valence-electron chi connectivity index (χ2n) is 4.73. The molecule has 0 fully saturated rings. The van der Waals surface area contributed by atoms with Gasteiger partial charge < -0.3 is 4.52 Å². The summed E-state index contributed by atoms with van der Waals surface area (Å²) in [6.45, 7) is 1.20. The van der Waals surface area contributed by atoms with Gasteiger partial charge in [0.25, 0.3) is 0 Å². The van der Waals surface area contributed by atoms with Crippen molar-refractivity contribution in [2.45, 2.75) is 13.1 Å². The first-order chi connectivity index (χ1) is 10.8. The number of aromatic nitrogens is 2. The predicted octanol–water partition coefficient (Wildman–Crippen LogP) is 2.67. The number of nitrogens with one attached hydrogen (secondary N) is 2. The van der Waals surface area contributed by atoms with E-state index in [4.69, 9.17) is 4.52 Å². The molecule has 2 aromatic heterocycles. The summed E-state index contributed by atoms with van der Waals surface area (Å²) >= 11 is 0.